The van der Waals surface area contributed by atoms with Crippen LogP contribution in [0.2, 0.25) is 5.02 Å². The number of likely N-dealkylation sites (tertiary alicyclic amines) is 1. The number of hydrogen-bond donors (Lipinski definition) is 1. The van der Waals surface area contributed by atoms with Gasteiger partial charge in [-0.3, -0.25) is 4.79 Å². The Morgan fingerprint density at radius 3 is 3.06 bits per heavy atom. The fourth-order valence-corrected chi connectivity index (χ4v) is 3.38. The minimum absolute atomic E-state index is 0.106. The molecule has 0 bridgehead atoms. The van der Waals surface area contributed by atoms with Crippen molar-refractivity contribution in [1.29, 1.82) is 0 Å². The number of aryl methyl sites for hydroxylation is 1. The summed E-state index contributed by atoms with van der Waals surface area (Å²) in [5.41, 5.74) is 0.685. The van der Waals surface area contributed by atoms with E-state index in [1.807, 2.05) is 16.5 Å². The van der Waals surface area contributed by atoms with Crippen LogP contribution in [0, 0.1) is 5.92 Å². The summed E-state index contributed by atoms with van der Waals surface area (Å²) in [7, 11) is 1.86. The molecule has 1 aromatic heterocycles. The molecule has 2 fully saturated rings. The van der Waals surface area contributed by atoms with Crippen LogP contribution in [-0.2, 0) is 7.05 Å². The molecule has 5 heteroatoms. The summed E-state index contributed by atoms with van der Waals surface area (Å²) in [6, 6.07) is 2.37. The standard InChI is InChI=1S/C13H18ClN3O/c1-16-8-10(14)6-12(16)13(18)17-5-3-11-9(7-17)2-4-15-11/h6,8-9,11,15H,2-5,7H2,1H3. The lowest BCUT2D eigenvalue weighted by Gasteiger charge is -2.34. The molecule has 1 amide bonds. The number of halogens is 1. The zero-order valence-electron chi connectivity index (χ0n) is 10.5. The van der Waals surface area contributed by atoms with Gasteiger partial charge in [0, 0.05) is 32.4 Å². The van der Waals surface area contributed by atoms with Gasteiger partial charge in [-0.25, -0.2) is 0 Å². The lowest BCUT2D eigenvalue weighted by Crippen LogP contribution is -2.47. The molecule has 2 aliphatic heterocycles. The molecule has 1 aromatic rings. The third kappa shape index (κ3) is 2.04. The van der Waals surface area contributed by atoms with E-state index in [1.54, 1.807) is 12.3 Å². The van der Waals surface area contributed by atoms with Gasteiger partial charge in [0.05, 0.1) is 5.02 Å². The largest absolute Gasteiger partial charge is 0.345 e. The van der Waals surface area contributed by atoms with Crippen LogP contribution in [0.5, 0.6) is 0 Å². The van der Waals surface area contributed by atoms with Crippen molar-refractivity contribution in [2.75, 3.05) is 19.6 Å². The second kappa shape index (κ2) is 4.59. The van der Waals surface area contributed by atoms with Gasteiger partial charge in [-0.1, -0.05) is 11.6 Å². The average Bonchev–Trinajstić information content (AvgIpc) is 2.93. The van der Waals surface area contributed by atoms with Crippen LogP contribution in [0.4, 0.5) is 0 Å². The number of nitrogens with one attached hydrogen (secondary N) is 1. The molecule has 2 atom stereocenters. The van der Waals surface area contributed by atoms with Gasteiger partial charge in [0.15, 0.2) is 0 Å². The molecule has 0 aromatic carbocycles. The summed E-state index contributed by atoms with van der Waals surface area (Å²) in [4.78, 5) is 14.4. The number of amides is 1. The maximum atomic E-state index is 12.4. The van der Waals surface area contributed by atoms with Gasteiger partial charge in [-0.05, 0) is 31.4 Å². The minimum Gasteiger partial charge on any atom is -0.345 e. The van der Waals surface area contributed by atoms with Gasteiger partial charge in [-0.2, -0.15) is 0 Å². The van der Waals surface area contributed by atoms with Gasteiger partial charge in [-0.15, -0.1) is 0 Å². The van der Waals surface area contributed by atoms with Gasteiger partial charge < -0.3 is 14.8 Å². The first-order chi connectivity index (χ1) is 8.65. The molecule has 18 heavy (non-hydrogen) atoms. The van der Waals surface area contributed by atoms with Crippen molar-refractivity contribution in [2.45, 2.75) is 18.9 Å². The van der Waals surface area contributed by atoms with E-state index < -0.39 is 0 Å². The van der Waals surface area contributed by atoms with Crippen LogP contribution in [0.3, 0.4) is 0 Å². The molecular formula is C13H18ClN3O. The van der Waals surface area contributed by atoms with Gasteiger partial charge in [0.2, 0.25) is 0 Å². The van der Waals surface area contributed by atoms with Crippen molar-refractivity contribution in [3.63, 3.8) is 0 Å². The molecule has 3 heterocycles. The average molecular weight is 268 g/mol. The molecule has 2 saturated heterocycles. The van der Waals surface area contributed by atoms with Crippen LogP contribution < -0.4 is 5.32 Å². The number of carbonyl (C=O) groups excluding carboxylic acids is 1. The van der Waals surface area contributed by atoms with Crippen LogP contribution in [0.1, 0.15) is 23.3 Å². The van der Waals surface area contributed by atoms with E-state index in [0.29, 0.717) is 22.7 Å². The number of aromatic nitrogens is 1. The molecule has 0 spiro atoms. The molecule has 2 aliphatic rings. The number of rotatable bonds is 1. The normalized spacial score (nSPS) is 27.3. The molecule has 3 rings (SSSR count). The number of nitrogens with zero attached hydrogens (tertiary/aromatic N) is 2. The Balaban J connectivity index is 1.75. The van der Waals surface area contributed by atoms with Crippen molar-refractivity contribution in [3.05, 3.63) is 23.0 Å². The van der Waals surface area contributed by atoms with E-state index in [1.165, 1.54) is 6.42 Å². The highest BCUT2D eigenvalue weighted by atomic mass is 35.5. The summed E-state index contributed by atoms with van der Waals surface area (Å²) < 4.78 is 1.81. The predicted octanol–water partition coefficient (Wildman–Crippen LogP) is 1.50. The highest BCUT2D eigenvalue weighted by molar-refractivity contribution is 6.31. The highest BCUT2D eigenvalue weighted by Gasteiger charge is 2.35. The zero-order valence-corrected chi connectivity index (χ0v) is 11.3. The number of piperidine rings is 1. The van der Waals surface area contributed by atoms with Gasteiger partial charge in [0.1, 0.15) is 5.69 Å². The first-order valence-electron chi connectivity index (χ1n) is 6.49. The molecule has 0 saturated carbocycles. The van der Waals surface area contributed by atoms with Crippen LogP contribution in [-0.4, -0.2) is 41.1 Å². The summed E-state index contributed by atoms with van der Waals surface area (Å²) in [5, 5.41) is 4.13. The predicted molar refractivity (Wildman–Crippen MR) is 70.8 cm³/mol. The molecule has 98 valence electrons. The first-order valence-corrected chi connectivity index (χ1v) is 6.87. The fourth-order valence-electron chi connectivity index (χ4n) is 3.13. The maximum absolute atomic E-state index is 12.4. The Kier molecular flexibility index (Phi) is 3.08. The Hall–Kier alpha value is -1.00. The summed E-state index contributed by atoms with van der Waals surface area (Å²) in [6.45, 7) is 2.81. The van der Waals surface area contributed by atoms with Crippen LogP contribution in [0.15, 0.2) is 12.3 Å². The monoisotopic (exact) mass is 267 g/mol. The minimum atomic E-state index is 0.106. The zero-order chi connectivity index (χ0) is 12.7. The molecule has 1 N–H and O–H groups in total. The SMILES string of the molecule is Cn1cc(Cl)cc1C(=O)N1CCC2NCCC2C1. The van der Waals surface area contributed by atoms with E-state index in [2.05, 4.69) is 5.32 Å². The van der Waals surface area contributed by atoms with Crippen molar-refractivity contribution in [2.24, 2.45) is 13.0 Å². The Bertz CT molecular complexity index is 471. The summed E-state index contributed by atoms with van der Waals surface area (Å²) >= 11 is 5.94. The fraction of sp³-hybridized carbons (Fsp3) is 0.615. The Morgan fingerprint density at radius 1 is 1.50 bits per heavy atom. The van der Waals surface area contributed by atoms with E-state index in [-0.39, 0.29) is 5.91 Å². The van der Waals surface area contributed by atoms with Crippen molar-refractivity contribution < 1.29 is 4.79 Å². The molecule has 2 unspecified atom stereocenters. The quantitative estimate of drug-likeness (QED) is 0.837. The lowest BCUT2D eigenvalue weighted by molar-refractivity contribution is 0.0652. The van der Waals surface area contributed by atoms with Crippen molar-refractivity contribution >= 4 is 17.5 Å². The number of fused-ring (bicyclic) bond motifs is 1. The van der Waals surface area contributed by atoms with E-state index in [9.17, 15) is 4.79 Å². The summed E-state index contributed by atoms with van der Waals surface area (Å²) in [6.07, 6.45) is 4.02. The van der Waals surface area contributed by atoms with Gasteiger partial charge >= 0.3 is 0 Å². The maximum Gasteiger partial charge on any atom is 0.270 e. The molecular weight excluding hydrogens is 250 g/mol. The molecule has 4 nitrogen and oxygen atoms in total. The lowest BCUT2D eigenvalue weighted by atomic mass is 9.93. The van der Waals surface area contributed by atoms with Crippen molar-refractivity contribution in [1.82, 2.24) is 14.8 Å². The molecule has 0 radical (unpaired) electrons. The third-order valence-electron chi connectivity index (χ3n) is 4.13. The smallest absolute Gasteiger partial charge is 0.270 e. The second-order valence-corrected chi connectivity index (χ2v) is 5.74. The van der Waals surface area contributed by atoms with E-state index in [0.717, 1.165) is 26.1 Å². The Labute approximate surface area is 112 Å². The first kappa shape index (κ1) is 12.1. The van der Waals surface area contributed by atoms with E-state index >= 15 is 0 Å². The van der Waals surface area contributed by atoms with Crippen molar-refractivity contribution in [3.8, 4) is 0 Å². The molecule has 0 aliphatic carbocycles. The van der Waals surface area contributed by atoms with Gasteiger partial charge in [0.25, 0.3) is 5.91 Å². The highest BCUT2D eigenvalue weighted by Crippen LogP contribution is 2.26. The number of hydrogen-bond acceptors (Lipinski definition) is 2. The van der Waals surface area contributed by atoms with Crippen LogP contribution in [0.25, 0.3) is 0 Å². The number of carbonyl (C=O) groups is 1. The third-order valence-corrected chi connectivity index (χ3v) is 4.34. The Morgan fingerprint density at radius 2 is 2.33 bits per heavy atom. The topological polar surface area (TPSA) is 37.3 Å². The van der Waals surface area contributed by atoms with Crippen LogP contribution >= 0.6 is 11.6 Å². The van der Waals surface area contributed by atoms with E-state index in [4.69, 9.17) is 11.6 Å². The summed E-state index contributed by atoms with van der Waals surface area (Å²) in [5.74, 6) is 0.730. The second-order valence-electron chi connectivity index (χ2n) is 5.30.